The third-order valence-corrected chi connectivity index (χ3v) is 2.29. The Morgan fingerprint density at radius 3 is 2.57 bits per heavy atom. The molecule has 0 saturated carbocycles. The summed E-state index contributed by atoms with van der Waals surface area (Å²) in [5.41, 5.74) is 0.956. The molecule has 0 aliphatic heterocycles. The summed E-state index contributed by atoms with van der Waals surface area (Å²) in [6.07, 6.45) is 0. The van der Waals surface area contributed by atoms with Crippen LogP contribution < -0.4 is 0 Å². The molecule has 0 amide bonds. The average molecular weight is 209 g/mol. The lowest BCUT2D eigenvalue weighted by atomic mass is 10.1. The van der Waals surface area contributed by atoms with Crippen molar-refractivity contribution in [1.82, 2.24) is 10.1 Å². The quantitative estimate of drug-likeness (QED) is 0.713. The predicted octanol–water partition coefficient (Wildman–Crippen LogP) is 2.71. The molecule has 0 unspecified atom stereocenters. The van der Waals surface area contributed by atoms with Gasteiger partial charge in [-0.25, -0.2) is 0 Å². The highest BCUT2D eigenvalue weighted by Crippen LogP contribution is 2.26. The molecule has 0 N–H and O–H groups in total. The van der Waals surface area contributed by atoms with Crippen molar-refractivity contribution < 1.29 is 4.52 Å². The maximum Gasteiger partial charge on any atom is 0.249 e. The van der Waals surface area contributed by atoms with Crippen molar-refractivity contribution in [3.63, 3.8) is 0 Å². The third-order valence-electron chi connectivity index (χ3n) is 1.85. The van der Waals surface area contributed by atoms with Crippen LogP contribution in [0.5, 0.6) is 0 Å². The monoisotopic (exact) mass is 208 g/mol. The number of hydrogen-bond acceptors (Lipinski definition) is 3. The molecule has 72 valence electrons. The predicted molar refractivity (Wildman–Crippen MR) is 53.2 cm³/mol. The fourth-order valence-electron chi connectivity index (χ4n) is 1.18. The molecule has 1 heterocycles. The molecule has 4 heteroatoms. The van der Waals surface area contributed by atoms with Gasteiger partial charge in [-0.15, -0.1) is 11.6 Å². The molecule has 0 fully saturated rings. The van der Waals surface area contributed by atoms with Crippen LogP contribution in [-0.2, 0) is 0 Å². The number of hydrogen-bond donors (Lipinski definition) is 0. The molecule has 1 aromatic carbocycles. The molecule has 0 aliphatic rings. The minimum absolute atomic E-state index is 0.364. The van der Waals surface area contributed by atoms with Crippen LogP contribution in [-0.4, -0.2) is 10.1 Å². The van der Waals surface area contributed by atoms with Crippen LogP contribution in [0, 0.1) is 6.92 Å². The largest absolute Gasteiger partial charge is 0.337 e. The molecule has 0 radical (unpaired) electrons. The first-order valence-corrected chi connectivity index (χ1v) is 4.70. The van der Waals surface area contributed by atoms with Gasteiger partial charge < -0.3 is 4.52 Å². The second kappa shape index (κ2) is 3.80. The lowest BCUT2D eigenvalue weighted by Gasteiger charge is -2.02. The van der Waals surface area contributed by atoms with Crippen LogP contribution in [0.4, 0.5) is 0 Å². The van der Waals surface area contributed by atoms with Crippen molar-refractivity contribution in [2.45, 2.75) is 12.3 Å². The Balaban J connectivity index is 2.29. The maximum absolute atomic E-state index is 6.15. The molecule has 1 aromatic heterocycles. The van der Waals surface area contributed by atoms with Crippen molar-refractivity contribution in [2.75, 3.05) is 0 Å². The zero-order valence-corrected chi connectivity index (χ0v) is 8.40. The number of alkyl halides is 1. The highest BCUT2D eigenvalue weighted by molar-refractivity contribution is 6.22. The van der Waals surface area contributed by atoms with Gasteiger partial charge in [-0.1, -0.05) is 35.5 Å². The molecular formula is C10H9ClN2O. The van der Waals surface area contributed by atoms with Gasteiger partial charge in [-0.05, 0) is 12.5 Å². The minimum Gasteiger partial charge on any atom is -0.337 e. The van der Waals surface area contributed by atoms with E-state index in [2.05, 4.69) is 10.1 Å². The lowest BCUT2D eigenvalue weighted by molar-refractivity contribution is 0.378. The first-order valence-electron chi connectivity index (χ1n) is 4.26. The topological polar surface area (TPSA) is 38.9 Å². The molecule has 14 heavy (non-hydrogen) atoms. The van der Waals surface area contributed by atoms with Gasteiger partial charge in [0, 0.05) is 0 Å². The van der Waals surface area contributed by atoms with Gasteiger partial charge in [-0.3, -0.25) is 0 Å². The van der Waals surface area contributed by atoms with E-state index in [0.717, 1.165) is 5.56 Å². The Labute approximate surface area is 86.7 Å². The van der Waals surface area contributed by atoms with Crippen molar-refractivity contribution in [3.8, 4) is 0 Å². The van der Waals surface area contributed by atoms with Crippen LogP contribution in [0.3, 0.4) is 0 Å². The Bertz CT molecular complexity index is 413. The highest BCUT2D eigenvalue weighted by atomic mass is 35.5. The van der Waals surface area contributed by atoms with Crippen LogP contribution in [0.1, 0.15) is 22.7 Å². The average Bonchev–Trinajstić information content (AvgIpc) is 2.65. The number of benzene rings is 1. The Morgan fingerprint density at radius 1 is 1.29 bits per heavy atom. The van der Waals surface area contributed by atoms with E-state index in [9.17, 15) is 0 Å². The summed E-state index contributed by atoms with van der Waals surface area (Å²) in [5.74, 6) is 1.04. The fraction of sp³-hybridized carbons (Fsp3) is 0.200. The first-order chi connectivity index (χ1) is 6.77. The molecule has 2 aromatic rings. The number of aryl methyl sites for hydroxylation is 1. The number of rotatable bonds is 2. The standard InChI is InChI=1S/C10H9ClN2O/c1-7-12-10(14-13-7)9(11)8-5-3-2-4-6-8/h2-6,9H,1H3/t9-/m0/s1. The Morgan fingerprint density at radius 2 is 2.00 bits per heavy atom. The lowest BCUT2D eigenvalue weighted by Crippen LogP contribution is -1.92. The summed E-state index contributed by atoms with van der Waals surface area (Å²) in [5, 5.41) is 3.33. The van der Waals surface area contributed by atoms with E-state index in [1.54, 1.807) is 6.92 Å². The van der Waals surface area contributed by atoms with E-state index in [4.69, 9.17) is 16.1 Å². The Hall–Kier alpha value is -1.35. The smallest absolute Gasteiger partial charge is 0.249 e. The first kappa shape index (κ1) is 9.21. The van der Waals surface area contributed by atoms with E-state index in [1.807, 2.05) is 30.3 Å². The fourth-order valence-corrected chi connectivity index (χ4v) is 1.41. The normalized spacial score (nSPS) is 12.7. The molecule has 0 saturated heterocycles. The van der Waals surface area contributed by atoms with Crippen molar-refractivity contribution >= 4 is 11.6 Å². The molecule has 3 nitrogen and oxygen atoms in total. The van der Waals surface area contributed by atoms with Crippen LogP contribution in [0.2, 0.25) is 0 Å². The van der Waals surface area contributed by atoms with Crippen LogP contribution in [0.15, 0.2) is 34.9 Å². The van der Waals surface area contributed by atoms with Gasteiger partial charge in [0.15, 0.2) is 5.82 Å². The van der Waals surface area contributed by atoms with Crippen molar-refractivity contribution in [3.05, 3.63) is 47.6 Å². The van der Waals surface area contributed by atoms with E-state index >= 15 is 0 Å². The summed E-state index contributed by atoms with van der Waals surface area (Å²) in [7, 11) is 0. The van der Waals surface area contributed by atoms with Gasteiger partial charge in [0.05, 0.1) is 0 Å². The van der Waals surface area contributed by atoms with E-state index in [1.165, 1.54) is 0 Å². The molecule has 1 atom stereocenters. The number of nitrogens with zero attached hydrogens (tertiary/aromatic N) is 2. The molecule has 0 bridgehead atoms. The summed E-state index contributed by atoms with van der Waals surface area (Å²) < 4.78 is 4.99. The van der Waals surface area contributed by atoms with Gasteiger partial charge in [0.2, 0.25) is 5.89 Å². The van der Waals surface area contributed by atoms with Crippen molar-refractivity contribution in [2.24, 2.45) is 0 Å². The van der Waals surface area contributed by atoms with Crippen LogP contribution in [0.25, 0.3) is 0 Å². The summed E-state index contributed by atoms with van der Waals surface area (Å²) >= 11 is 6.15. The van der Waals surface area contributed by atoms with E-state index < -0.39 is 0 Å². The number of halogens is 1. The van der Waals surface area contributed by atoms with Gasteiger partial charge in [0.25, 0.3) is 0 Å². The van der Waals surface area contributed by atoms with Crippen molar-refractivity contribution in [1.29, 1.82) is 0 Å². The van der Waals surface area contributed by atoms with Gasteiger partial charge in [0.1, 0.15) is 5.38 Å². The van der Waals surface area contributed by atoms with E-state index in [-0.39, 0.29) is 5.38 Å². The zero-order chi connectivity index (χ0) is 9.97. The summed E-state index contributed by atoms with van der Waals surface area (Å²) in [6, 6.07) is 9.64. The number of aromatic nitrogens is 2. The van der Waals surface area contributed by atoms with Gasteiger partial charge >= 0.3 is 0 Å². The molecule has 2 rings (SSSR count). The Kier molecular flexibility index (Phi) is 2.50. The second-order valence-corrected chi connectivity index (χ2v) is 3.39. The second-order valence-electron chi connectivity index (χ2n) is 2.95. The minimum atomic E-state index is -0.364. The third kappa shape index (κ3) is 1.77. The summed E-state index contributed by atoms with van der Waals surface area (Å²) in [4.78, 5) is 4.08. The zero-order valence-electron chi connectivity index (χ0n) is 7.64. The van der Waals surface area contributed by atoms with E-state index in [0.29, 0.717) is 11.7 Å². The molecule has 0 spiro atoms. The highest BCUT2D eigenvalue weighted by Gasteiger charge is 2.16. The maximum atomic E-state index is 6.15. The summed E-state index contributed by atoms with van der Waals surface area (Å²) in [6.45, 7) is 1.77. The molecular weight excluding hydrogens is 200 g/mol. The SMILES string of the molecule is Cc1noc([C@@H](Cl)c2ccccc2)n1. The molecule has 0 aliphatic carbocycles. The van der Waals surface area contributed by atoms with Gasteiger partial charge in [-0.2, -0.15) is 4.98 Å². The van der Waals surface area contributed by atoms with Crippen LogP contribution >= 0.6 is 11.6 Å².